The Morgan fingerprint density at radius 2 is 1.88 bits per heavy atom. The second-order valence-corrected chi connectivity index (χ2v) is 7.99. The van der Waals surface area contributed by atoms with E-state index in [0.717, 1.165) is 18.4 Å². The van der Waals surface area contributed by atoms with Crippen LogP contribution in [0.15, 0.2) is 30.3 Å². The van der Waals surface area contributed by atoms with Crippen LogP contribution in [0.3, 0.4) is 0 Å². The first-order valence-electron chi connectivity index (χ1n) is 9.79. The van der Waals surface area contributed by atoms with E-state index < -0.39 is 5.92 Å². The fourth-order valence-corrected chi connectivity index (χ4v) is 4.90. The molecule has 1 aromatic carbocycles. The summed E-state index contributed by atoms with van der Waals surface area (Å²) in [7, 11) is 2.40. The van der Waals surface area contributed by atoms with E-state index >= 15 is 0 Å². The molecule has 4 nitrogen and oxygen atoms in total. The fraction of sp³-hybridized carbons (Fsp3) is 0.667. The number of unbranched alkanes of at least 4 members (excludes halogenated alkanes) is 1. The van der Waals surface area contributed by atoms with Gasteiger partial charge in [0.25, 0.3) is 0 Å². The van der Waals surface area contributed by atoms with Gasteiger partial charge in [0.05, 0.1) is 32.3 Å². The SMILES string of the molecule is CCCC[N+]1(C)[C@@H]2CC[C@H]1CC(OC(=O)C(CO)c1ccccc1)C2. The lowest BCUT2D eigenvalue weighted by molar-refractivity contribution is -0.949. The van der Waals surface area contributed by atoms with Gasteiger partial charge < -0.3 is 14.3 Å². The molecule has 0 aliphatic carbocycles. The van der Waals surface area contributed by atoms with Crippen molar-refractivity contribution in [3.05, 3.63) is 35.9 Å². The maximum atomic E-state index is 12.6. The van der Waals surface area contributed by atoms with Gasteiger partial charge >= 0.3 is 5.97 Å². The second kappa shape index (κ2) is 7.88. The van der Waals surface area contributed by atoms with E-state index in [4.69, 9.17) is 4.74 Å². The molecule has 0 amide bonds. The van der Waals surface area contributed by atoms with Crippen molar-refractivity contribution in [2.75, 3.05) is 20.2 Å². The Bertz CT molecular complexity index is 560. The van der Waals surface area contributed by atoms with Crippen molar-refractivity contribution >= 4 is 5.97 Å². The zero-order valence-corrected chi connectivity index (χ0v) is 15.6. The minimum atomic E-state index is -0.568. The molecule has 2 fully saturated rings. The summed E-state index contributed by atoms with van der Waals surface area (Å²) in [6.45, 7) is 3.30. The molecule has 2 heterocycles. The first-order valence-corrected chi connectivity index (χ1v) is 9.79. The summed E-state index contributed by atoms with van der Waals surface area (Å²) in [5, 5.41) is 9.67. The highest BCUT2D eigenvalue weighted by Gasteiger charge is 2.52. The van der Waals surface area contributed by atoms with Crippen LogP contribution in [0, 0.1) is 0 Å². The number of carbonyl (C=O) groups excluding carboxylic acids is 1. The van der Waals surface area contributed by atoms with E-state index in [1.54, 1.807) is 0 Å². The van der Waals surface area contributed by atoms with Crippen LogP contribution >= 0.6 is 0 Å². The van der Waals surface area contributed by atoms with Crippen LogP contribution in [0.4, 0.5) is 0 Å². The highest BCUT2D eigenvalue weighted by molar-refractivity contribution is 5.78. The van der Waals surface area contributed by atoms with E-state index in [1.165, 1.54) is 36.7 Å². The molecule has 0 radical (unpaired) electrons. The van der Waals surface area contributed by atoms with Crippen LogP contribution in [0.5, 0.6) is 0 Å². The summed E-state index contributed by atoms with van der Waals surface area (Å²) >= 11 is 0. The van der Waals surface area contributed by atoms with Crippen LogP contribution in [-0.2, 0) is 9.53 Å². The number of esters is 1. The third-order valence-corrected chi connectivity index (χ3v) is 6.52. The molecule has 2 saturated heterocycles. The average Bonchev–Trinajstić information content (AvgIpc) is 2.79. The lowest BCUT2D eigenvalue weighted by Gasteiger charge is -2.47. The summed E-state index contributed by atoms with van der Waals surface area (Å²) in [5.74, 6) is -0.843. The van der Waals surface area contributed by atoms with Gasteiger partial charge in [-0.05, 0) is 12.0 Å². The Morgan fingerprint density at radius 3 is 2.44 bits per heavy atom. The zero-order valence-electron chi connectivity index (χ0n) is 15.6. The van der Waals surface area contributed by atoms with E-state index in [1.807, 2.05) is 30.3 Å². The standard InChI is InChI=1S/C21H32NO3/c1-3-4-12-22(2)17-10-11-18(22)14-19(13-17)25-21(24)20(15-23)16-8-6-5-7-9-16/h5-9,17-20,23H,3-4,10-15H2,1-2H3/q+1/t17-,18+,19?,20?,22?. The molecular weight excluding hydrogens is 314 g/mol. The maximum Gasteiger partial charge on any atom is 0.316 e. The lowest BCUT2D eigenvalue weighted by Crippen LogP contribution is -2.59. The Kier molecular flexibility index (Phi) is 5.80. The predicted molar refractivity (Wildman–Crippen MR) is 98.2 cm³/mol. The van der Waals surface area contributed by atoms with Gasteiger partial charge in [-0.3, -0.25) is 4.79 Å². The maximum absolute atomic E-state index is 12.6. The Balaban J connectivity index is 1.62. The normalized spacial score (nSPS) is 32.4. The van der Waals surface area contributed by atoms with Crippen molar-refractivity contribution in [1.82, 2.24) is 0 Å². The Morgan fingerprint density at radius 1 is 1.24 bits per heavy atom. The molecule has 138 valence electrons. The number of hydrogen-bond donors (Lipinski definition) is 1. The topological polar surface area (TPSA) is 46.5 Å². The number of quaternary nitrogens is 1. The number of nitrogens with zero attached hydrogens (tertiary/aromatic N) is 1. The Labute approximate surface area is 151 Å². The van der Waals surface area contributed by atoms with Gasteiger partial charge in [-0.2, -0.15) is 0 Å². The van der Waals surface area contributed by atoms with E-state index in [-0.39, 0.29) is 18.7 Å². The number of piperidine rings is 1. The van der Waals surface area contributed by atoms with Crippen molar-refractivity contribution in [1.29, 1.82) is 0 Å². The molecule has 0 aromatic heterocycles. The van der Waals surface area contributed by atoms with Gasteiger partial charge in [0.15, 0.2) is 0 Å². The molecule has 1 aromatic rings. The molecule has 2 aliphatic heterocycles. The molecule has 0 saturated carbocycles. The van der Waals surface area contributed by atoms with E-state index in [2.05, 4.69) is 14.0 Å². The molecule has 5 atom stereocenters. The van der Waals surface area contributed by atoms with Gasteiger partial charge in [-0.15, -0.1) is 0 Å². The number of benzene rings is 1. The number of aliphatic hydroxyl groups excluding tert-OH is 1. The average molecular weight is 346 g/mol. The van der Waals surface area contributed by atoms with Crippen molar-refractivity contribution < 1.29 is 19.1 Å². The molecule has 25 heavy (non-hydrogen) atoms. The number of rotatable bonds is 7. The largest absolute Gasteiger partial charge is 0.461 e. The molecule has 1 N–H and O–H groups in total. The van der Waals surface area contributed by atoms with Crippen LogP contribution < -0.4 is 0 Å². The monoisotopic (exact) mass is 346 g/mol. The van der Waals surface area contributed by atoms with Gasteiger partial charge in [0, 0.05) is 25.7 Å². The molecular formula is C21H32NO3+. The highest BCUT2D eigenvalue weighted by Crippen LogP contribution is 2.42. The van der Waals surface area contributed by atoms with Crippen molar-refractivity contribution in [3.63, 3.8) is 0 Å². The zero-order chi connectivity index (χ0) is 17.9. The van der Waals surface area contributed by atoms with Crippen LogP contribution in [0.25, 0.3) is 0 Å². The summed E-state index contributed by atoms with van der Waals surface area (Å²) in [6.07, 6.45) is 6.96. The summed E-state index contributed by atoms with van der Waals surface area (Å²) in [4.78, 5) is 12.6. The van der Waals surface area contributed by atoms with Crippen LogP contribution in [-0.4, -0.2) is 53.9 Å². The second-order valence-electron chi connectivity index (χ2n) is 7.99. The number of aliphatic hydroxyl groups is 1. The van der Waals surface area contributed by atoms with Gasteiger partial charge in [-0.25, -0.2) is 0 Å². The first kappa shape index (κ1) is 18.4. The third kappa shape index (κ3) is 3.75. The van der Waals surface area contributed by atoms with Crippen molar-refractivity contribution in [2.45, 2.75) is 69.6 Å². The summed E-state index contributed by atoms with van der Waals surface area (Å²) in [5.41, 5.74) is 0.831. The number of ether oxygens (including phenoxy) is 1. The number of hydrogen-bond acceptors (Lipinski definition) is 3. The molecule has 4 heteroatoms. The van der Waals surface area contributed by atoms with Gasteiger partial charge in [0.1, 0.15) is 12.0 Å². The van der Waals surface area contributed by atoms with E-state index in [0.29, 0.717) is 12.1 Å². The Hall–Kier alpha value is -1.39. The minimum absolute atomic E-state index is 0.00980. The molecule has 0 spiro atoms. The lowest BCUT2D eigenvalue weighted by atomic mass is 9.95. The smallest absolute Gasteiger partial charge is 0.316 e. The first-order chi connectivity index (χ1) is 12.1. The van der Waals surface area contributed by atoms with Crippen LogP contribution in [0.2, 0.25) is 0 Å². The molecule has 3 rings (SSSR count). The van der Waals surface area contributed by atoms with Crippen molar-refractivity contribution in [2.24, 2.45) is 0 Å². The number of carbonyl (C=O) groups is 1. The van der Waals surface area contributed by atoms with Crippen LogP contribution in [0.1, 0.15) is 56.9 Å². The molecule has 2 bridgehead atoms. The minimum Gasteiger partial charge on any atom is -0.461 e. The van der Waals surface area contributed by atoms with Gasteiger partial charge in [0.2, 0.25) is 0 Å². The predicted octanol–water partition coefficient (Wildman–Crippen LogP) is 3.25. The van der Waals surface area contributed by atoms with Gasteiger partial charge in [-0.1, -0.05) is 43.7 Å². The van der Waals surface area contributed by atoms with Crippen molar-refractivity contribution in [3.8, 4) is 0 Å². The van der Waals surface area contributed by atoms with E-state index in [9.17, 15) is 9.90 Å². The summed E-state index contributed by atoms with van der Waals surface area (Å²) in [6, 6.07) is 10.7. The number of fused-ring (bicyclic) bond motifs is 2. The molecule has 2 aliphatic rings. The third-order valence-electron chi connectivity index (χ3n) is 6.52. The quantitative estimate of drug-likeness (QED) is 0.609. The molecule has 3 unspecified atom stereocenters. The summed E-state index contributed by atoms with van der Waals surface area (Å²) < 4.78 is 7.04. The highest BCUT2D eigenvalue weighted by atomic mass is 16.5. The fourth-order valence-electron chi connectivity index (χ4n) is 4.90.